The number of nitrogens with zero attached hydrogens (tertiary/aromatic N) is 2. The smallest absolute Gasteiger partial charge is 0.184 e. The number of aryl methyl sites for hydroxylation is 1. The average Bonchev–Trinajstić information content (AvgIpc) is 2.86. The number of hydrogen-bond donors (Lipinski definition) is 0. The summed E-state index contributed by atoms with van der Waals surface area (Å²) in [6.07, 6.45) is 4.40. The van der Waals surface area contributed by atoms with Crippen LogP contribution in [-0.2, 0) is 4.74 Å². The summed E-state index contributed by atoms with van der Waals surface area (Å²) in [5.74, 6) is 3.04. The molecule has 19 heavy (non-hydrogen) atoms. The first-order chi connectivity index (χ1) is 9.19. The Hall–Kier alpha value is -0.940. The Bertz CT molecular complexity index is 486. The van der Waals surface area contributed by atoms with Crippen molar-refractivity contribution >= 4 is 17.5 Å². The highest BCUT2D eigenvalue weighted by Gasteiger charge is 2.42. The summed E-state index contributed by atoms with van der Waals surface area (Å²) in [5.41, 5.74) is 0.505. The number of ketones is 1. The summed E-state index contributed by atoms with van der Waals surface area (Å²) in [6.45, 7) is 2.51. The number of Topliss-reactive ketones (excluding diaryl/α,β-unsaturated/α-hetero) is 1. The third-order valence-electron chi connectivity index (χ3n) is 3.96. The molecular weight excluding hydrogens is 260 g/mol. The van der Waals surface area contributed by atoms with Gasteiger partial charge in [0.1, 0.15) is 11.5 Å². The maximum absolute atomic E-state index is 12.5. The molecule has 2 aliphatic rings. The van der Waals surface area contributed by atoms with E-state index in [-0.39, 0.29) is 17.3 Å². The van der Waals surface area contributed by atoms with Gasteiger partial charge in [-0.3, -0.25) is 4.79 Å². The lowest BCUT2D eigenvalue weighted by Gasteiger charge is -2.37. The van der Waals surface area contributed by atoms with Crippen molar-refractivity contribution in [3.63, 3.8) is 0 Å². The fraction of sp³-hybridized carbons (Fsp3) is 0.643. The van der Waals surface area contributed by atoms with Crippen LogP contribution in [0.5, 0.6) is 0 Å². The van der Waals surface area contributed by atoms with E-state index in [4.69, 9.17) is 4.74 Å². The highest BCUT2D eigenvalue weighted by atomic mass is 32.2. The van der Waals surface area contributed by atoms with Crippen LogP contribution < -0.4 is 0 Å². The van der Waals surface area contributed by atoms with Gasteiger partial charge in [0, 0.05) is 24.5 Å². The molecular formula is C14H18N2O2S. The minimum atomic E-state index is -0.0503. The fourth-order valence-corrected chi connectivity index (χ4v) is 4.30. The van der Waals surface area contributed by atoms with Crippen LogP contribution in [-0.4, -0.2) is 39.5 Å². The fourth-order valence-electron chi connectivity index (χ4n) is 2.92. The highest BCUT2D eigenvalue weighted by molar-refractivity contribution is 7.99. The predicted octanol–water partition coefficient (Wildman–Crippen LogP) is 2.27. The molecule has 1 aromatic heterocycles. The Morgan fingerprint density at radius 3 is 3.21 bits per heavy atom. The van der Waals surface area contributed by atoms with E-state index >= 15 is 0 Å². The van der Waals surface area contributed by atoms with Gasteiger partial charge in [0.15, 0.2) is 5.78 Å². The van der Waals surface area contributed by atoms with Crippen molar-refractivity contribution in [2.45, 2.75) is 31.8 Å². The van der Waals surface area contributed by atoms with E-state index in [1.165, 1.54) is 0 Å². The first-order valence-electron chi connectivity index (χ1n) is 6.74. The van der Waals surface area contributed by atoms with Gasteiger partial charge in [0.05, 0.1) is 5.60 Å². The molecule has 4 nitrogen and oxygen atoms in total. The Morgan fingerprint density at radius 1 is 1.58 bits per heavy atom. The summed E-state index contributed by atoms with van der Waals surface area (Å²) in [4.78, 5) is 20.8. The summed E-state index contributed by atoms with van der Waals surface area (Å²) in [6, 6.07) is 1.72. The number of rotatable bonds is 2. The molecule has 0 amide bonds. The van der Waals surface area contributed by atoms with Crippen LogP contribution in [0.25, 0.3) is 0 Å². The molecule has 1 spiro atoms. The number of carbonyl (C=O) groups is 1. The molecule has 102 valence electrons. The number of thioether (sulfide) groups is 1. The van der Waals surface area contributed by atoms with E-state index in [9.17, 15) is 4.79 Å². The van der Waals surface area contributed by atoms with Crippen LogP contribution in [0.15, 0.2) is 12.3 Å². The maximum atomic E-state index is 12.5. The van der Waals surface area contributed by atoms with Gasteiger partial charge in [-0.15, -0.1) is 0 Å². The highest BCUT2D eigenvalue weighted by Crippen LogP contribution is 2.41. The summed E-state index contributed by atoms with van der Waals surface area (Å²) >= 11 is 1.93. The number of ether oxygens (including phenoxy) is 1. The molecule has 3 heterocycles. The lowest BCUT2D eigenvalue weighted by molar-refractivity contribution is -0.0735. The predicted molar refractivity (Wildman–Crippen MR) is 74.4 cm³/mol. The SMILES string of the molecule is Cc1nccc(C(=O)C2CCOC3(CCSC3)C2)n1. The van der Waals surface area contributed by atoms with Crippen molar-refractivity contribution in [3.8, 4) is 0 Å². The van der Waals surface area contributed by atoms with E-state index < -0.39 is 0 Å². The average molecular weight is 278 g/mol. The van der Waals surface area contributed by atoms with E-state index in [0.717, 1.165) is 30.8 Å². The lowest BCUT2D eigenvalue weighted by Crippen LogP contribution is -2.42. The molecule has 2 atom stereocenters. The van der Waals surface area contributed by atoms with Gasteiger partial charge in [0.25, 0.3) is 0 Å². The molecule has 3 rings (SSSR count). The minimum Gasteiger partial charge on any atom is -0.374 e. The molecule has 2 fully saturated rings. The quantitative estimate of drug-likeness (QED) is 0.777. The molecule has 2 unspecified atom stereocenters. The topological polar surface area (TPSA) is 52.1 Å². The first-order valence-corrected chi connectivity index (χ1v) is 7.90. The van der Waals surface area contributed by atoms with Gasteiger partial charge in [0.2, 0.25) is 0 Å². The third-order valence-corrected chi connectivity index (χ3v) is 5.18. The van der Waals surface area contributed by atoms with Gasteiger partial charge >= 0.3 is 0 Å². The third kappa shape index (κ3) is 2.67. The molecule has 0 bridgehead atoms. The molecule has 2 saturated heterocycles. The van der Waals surface area contributed by atoms with Gasteiger partial charge in [-0.2, -0.15) is 11.8 Å². The van der Waals surface area contributed by atoms with Gasteiger partial charge in [-0.05, 0) is 38.0 Å². The standard InChI is InChI=1S/C14H18N2O2S/c1-10-15-5-2-12(16-10)13(17)11-3-6-18-14(8-11)4-7-19-9-14/h2,5,11H,3-4,6-9H2,1H3. The van der Waals surface area contributed by atoms with Crippen LogP contribution in [0.2, 0.25) is 0 Å². The van der Waals surface area contributed by atoms with E-state index in [2.05, 4.69) is 9.97 Å². The van der Waals surface area contributed by atoms with Crippen LogP contribution in [0.1, 0.15) is 35.6 Å². The van der Waals surface area contributed by atoms with Gasteiger partial charge < -0.3 is 4.74 Å². The second-order valence-electron chi connectivity index (χ2n) is 5.38. The van der Waals surface area contributed by atoms with Crippen LogP contribution in [0.4, 0.5) is 0 Å². The number of aromatic nitrogens is 2. The zero-order valence-electron chi connectivity index (χ0n) is 11.1. The molecule has 0 aliphatic carbocycles. The second kappa shape index (κ2) is 5.21. The minimum absolute atomic E-state index is 0.0503. The molecule has 0 aromatic carbocycles. The number of hydrogen-bond acceptors (Lipinski definition) is 5. The Balaban J connectivity index is 1.76. The van der Waals surface area contributed by atoms with E-state index in [1.54, 1.807) is 12.3 Å². The zero-order valence-corrected chi connectivity index (χ0v) is 11.9. The Morgan fingerprint density at radius 2 is 2.47 bits per heavy atom. The normalized spacial score (nSPS) is 30.7. The van der Waals surface area contributed by atoms with Crippen molar-refractivity contribution < 1.29 is 9.53 Å². The van der Waals surface area contributed by atoms with Crippen LogP contribution in [0, 0.1) is 12.8 Å². The van der Waals surface area contributed by atoms with Crippen LogP contribution in [0.3, 0.4) is 0 Å². The largest absolute Gasteiger partial charge is 0.374 e. The molecule has 0 radical (unpaired) electrons. The van der Waals surface area contributed by atoms with Crippen molar-refractivity contribution in [3.05, 3.63) is 23.8 Å². The van der Waals surface area contributed by atoms with Crippen molar-refractivity contribution in [2.24, 2.45) is 5.92 Å². The summed E-state index contributed by atoms with van der Waals surface area (Å²) < 4.78 is 5.96. The molecule has 0 N–H and O–H groups in total. The van der Waals surface area contributed by atoms with Gasteiger partial charge in [-0.1, -0.05) is 0 Å². The molecule has 2 aliphatic heterocycles. The van der Waals surface area contributed by atoms with E-state index in [1.807, 2.05) is 18.7 Å². The lowest BCUT2D eigenvalue weighted by atomic mass is 9.82. The Labute approximate surface area is 117 Å². The first kappa shape index (κ1) is 13.1. The van der Waals surface area contributed by atoms with E-state index in [0.29, 0.717) is 18.1 Å². The van der Waals surface area contributed by atoms with Crippen molar-refractivity contribution in [1.29, 1.82) is 0 Å². The zero-order chi connectivity index (χ0) is 13.3. The number of carbonyl (C=O) groups excluding carboxylic acids is 1. The van der Waals surface area contributed by atoms with Crippen molar-refractivity contribution in [2.75, 3.05) is 18.1 Å². The molecule has 5 heteroatoms. The maximum Gasteiger partial charge on any atom is 0.184 e. The summed E-state index contributed by atoms with van der Waals surface area (Å²) in [7, 11) is 0. The van der Waals surface area contributed by atoms with Gasteiger partial charge in [-0.25, -0.2) is 9.97 Å². The Kier molecular flexibility index (Phi) is 3.58. The molecule has 1 aromatic rings. The molecule has 0 saturated carbocycles. The summed E-state index contributed by atoms with van der Waals surface area (Å²) in [5, 5.41) is 0. The monoisotopic (exact) mass is 278 g/mol. The van der Waals surface area contributed by atoms with Crippen LogP contribution >= 0.6 is 11.8 Å². The van der Waals surface area contributed by atoms with Crippen molar-refractivity contribution in [1.82, 2.24) is 9.97 Å². The second-order valence-corrected chi connectivity index (χ2v) is 6.48.